The van der Waals surface area contributed by atoms with Crippen LogP contribution in [-0.4, -0.2) is 17.8 Å². The highest BCUT2D eigenvalue weighted by molar-refractivity contribution is 5.13. The van der Waals surface area contributed by atoms with E-state index in [1.165, 1.54) is 12.8 Å². The van der Waals surface area contributed by atoms with Crippen molar-refractivity contribution in [1.29, 1.82) is 0 Å². The number of aliphatic hydroxyl groups excluding tert-OH is 1. The van der Waals surface area contributed by atoms with Crippen LogP contribution in [0.4, 0.5) is 0 Å². The maximum atomic E-state index is 9.84. The van der Waals surface area contributed by atoms with Crippen molar-refractivity contribution < 1.29 is 9.84 Å². The van der Waals surface area contributed by atoms with Crippen LogP contribution >= 0.6 is 0 Å². The van der Waals surface area contributed by atoms with Crippen molar-refractivity contribution in [3.05, 3.63) is 11.8 Å². The lowest BCUT2D eigenvalue weighted by Crippen LogP contribution is -2.13. The van der Waals surface area contributed by atoms with Gasteiger partial charge in [-0.3, -0.25) is 0 Å². The Morgan fingerprint density at radius 1 is 1.75 bits per heavy atom. The molecule has 1 saturated carbocycles. The summed E-state index contributed by atoms with van der Waals surface area (Å²) in [6.07, 6.45) is 4.87. The second-order valence-electron chi connectivity index (χ2n) is 3.83. The predicted molar refractivity (Wildman–Crippen MR) is 46.5 cm³/mol. The summed E-state index contributed by atoms with van der Waals surface area (Å²) in [6.45, 7) is 2.95. The fraction of sp³-hybridized carbons (Fsp3) is 0.800. The van der Waals surface area contributed by atoms with E-state index in [1.54, 1.807) is 6.26 Å². The fourth-order valence-electron chi connectivity index (χ4n) is 2.02. The molecule has 1 heterocycles. The van der Waals surface area contributed by atoms with E-state index >= 15 is 0 Å². The van der Waals surface area contributed by atoms with Gasteiger partial charge in [0.1, 0.15) is 0 Å². The molecule has 1 unspecified atom stereocenters. The Bertz CT molecular complexity index is 198. The average Bonchev–Trinajstić information content (AvgIpc) is 2.68. The Morgan fingerprint density at radius 2 is 2.58 bits per heavy atom. The second kappa shape index (κ2) is 3.09. The minimum absolute atomic E-state index is 0.211. The van der Waals surface area contributed by atoms with Crippen LogP contribution in [0.5, 0.6) is 0 Å². The molecule has 0 spiro atoms. The first kappa shape index (κ1) is 8.11. The molecule has 2 nitrogen and oxygen atoms in total. The third kappa shape index (κ3) is 1.36. The van der Waals surface area contributed by atoms with Crippen LogP contribution in [-0.2, 0) is 4.74 Å². The number of hydrogen-bond donors (Lipinski definition) is 1. The van der Waals surface area contributed by atoms with Crippen LogP contribution < -0.4 is 0 Å². The summed E-state index contributed by atoms with van der Waals surface area (Å²) in [7, 11) is 0. The van der Waals surface area contributed by atoms with Crippen LogP contribution in [0.25, 0.3) is 0 Å². The van der Waals surface area contributed by atoms with Gasteiger partial charge in [-0.05, 0) is 23.8 Å². The average molecular weight is 168 g/mol. The number of ether oxygens (including phenoxy) is 1. The molecule has 1 aliphatic heterocycles. The van der Waals surface area contributed by atoms with Gasteiger partial charge < -0.3 is 9.84 Å². The molecule has 68 valence electrons. The SMILES string of the molecule is CC[C@@H]1C[C@H]1C(O)C1=COCC1. The topological polar surface area (TPSA) is 29.5 Å². The molecule has 0 aromatic heterocycles. The largest absolute Gasteiger partial charge is 0.501 e. The van der Waals surface area contributed by atoms with Crippen LogP contribution in [0.2, 0.25) is 0 Å². The quantitative estimate of drug-likeness (QED) is 0.695. The molecule has 0 bridgehead atoms. The first-order chi connectivity index (χ1) is 5.83. The molecular formula is C10H16O2. The second-order valence-corrected chi connectivity index (χ2v) is 3.83. The van der Waals surface area contributed by atoms with E-state index in [-0.39, 0.29) is 6.10 Å². The van der Waals surface area contributed by atoms with Crippen LogP contribution in [0.1, 0.15) is 26.2 Å². The van der Waals surface area contributed by atoms with Crippen LogP contribution in [0, 0.1) is 11.8 Å². The van der Waals surface area contributed by atoms with Crippen molar-refractivity contribution in [3.8, 4) is 0 Å². The highest BCUT2D eigenvalue weighted by Gasteiger charge is 2.42. The van der Waals surface area contributed by atoms with Crippen molar-refractivity contribution in [2.45, 2.75) is 32.3 Å². The summed E-state index contributed by atoms with van der Waals surface area (Å²) in [5.74, 6) is 1.30. The van der Waals surface area contributed by atoms with Crippen molar-refractivity contribution in [3.63, 3.8) is 0 Å². The lowest BCUT2D eigenvalue weighted by molar-refractivity contribution is 0.177. The van der Waals surface area contributed by atoms with Gasteiger partial charge >= 0.3 is 0 Å². The van der Waals surface area contributed by atoms with Gasteiger partial charge in [0.05, 0.1) is 19.0 Å². The first-order valence-electron chi connectivity index (χ1n) is 4.81. The fourth-order valence-corrected chi connectivity index (χ4v) is 2.02. The summed E-state index contributed by atoms with van der Waals surface area (Å²) >= 11 is 0. The minimum Gasteiger partial charge on any atom is -0.501 e. The monoisotopic (exact) mass is 168 g/mol. The molecule has 12 heavy (non-hydrogen) atoms. The lowest BCUT2D eigenvalue weighted by Gasteiger charge is -2.08. The van der Waals surface area contributed by atoms with Crippen molar-refractivity contribution in [2.75, 3.05) is 6.61 Å². The molecule has 0 saturated heterocycles. The molecule has 0 aromatic carbocycles. The van der Waals surface area contributed by atoms with Gasteiger partial charge in [0.15, 0.2) is 0 Å². The van der Waals surface area contributed by atoms with E-state index in [0.29, 0.717) is 5.92 Å². The summed E-state index contributed by atoms with van der Waals surface area (Å²) in [5.41, 5.74) is 1.11. The first-order valence-corrected chi connectivity index (χ1v) is 4.81. The molecule has 0 radical (unpaired) electrons. The van der Waals surface area contributed by atoms with Gasteiger partial charge in [0, 0.05) is 6.42 Å². The van der Waals surface area contributed by atoms with Gasteiger partial charge in [0.25, 0.3) is 0 Å². The zero-order valence-corrected chi connectivity index (χ0v) is 7.49. The molecule has 0 amide bonds. The summed E-state index contributed by atoms with van der Waals surface area (Å²) in [6, 6.07) is 0. The van der Waals surface area contributed by atoms with Gasteiger partial charge in [-0.1, -0.05) is 13.3 Å². The highest BCUT2D eigenvalue weighted by Crippen LogP contribution is 2.46. The molecule has 1 N–H and O–H groups in total. The normalized spacial score (nSPS) is 35.7. The maximum absolute atomic E-state index is 9.84. The third-order valence-electron chi connectivity index (χ3n) is 3.03. The minimum atomic E-state index is -0.211. The number of hydrogen-bond acceptors (Lipinski definition) is 2. The molecule has 3 atom stereocenters. The predicted octanol–water partition coefficient (Wildman–Crippen LogP) is 1.70. The summed E-state index contributed by atoms with van der Waals surface area (Å²) in [4.78, 5) is 0. The molecule has 2 aliphatic rings. The van der Waals surface area contributed by atoms with E-state index in [2.05, 4.69) is 6.92 Å². The molecule has 2 heteroatoms. The van der Waals surface area contributed by atoms with Gasteiger partial charge in [0.2, 0.25) is 0 Å². The van der Waals surface area contributed by atoms with Crippen molar-refractivity contribution in [2.24, 2.45) is 11.8 Å². The molecular weight excluding hydrogens is 152 g/mol. The van der Waals surface area contributed by atoms with E-state index in [1.807, 2.05) is 0 Å². The van der Waals surface area contributed by atoms with Crippen molar-refractivity contribution in [1.82, 2.24) is 0 Å². The standard InChI is InChI=1S/C10H16O2/c1-2-7-5-9(7)10(11)8-3-4-12-6-8/h6-7,9-11H,2-5H2,1H3/t7-,9-,10?/m1/s1. The molecule has 1 fully saturated rings. The zero-order chi connectivity index (χ0) is 8.55. The van der Waals surface area contributed by atoms with E-state index in [4.69, 9.17) is 4.74 Å². The van der Waals surface area contributed by atoms with Gasteiger partial charge in [-0.15, -0.1) is 0 Å². The third-order valence-corrected chi connectivity index (χ3v) is 3.03. The Labute approximate surface area is 73.2 Å². The summed E-state index contributed by atoms with van der Waals surface area (Å²) in [5, 5.41) is 9.84. The molecule has 1 aliphatic carbocycles. The van der Waals surface area contributed by atoms with Crippen LogP contribution in [0.3, 0.4) is 0 Å². The van der Waals surface area contributed by atoms with Crippen molar-refractivity contribution >= 4 is 0 Å². The zero-order valence-electron chi connectivity index (χ0n) is 7.49. The Balaban J connectivity index is 1.88. The highest BCUT2D eigenvalue weighted by atomic mass is 16.5. The smallest absolute Gasteiger partial charge is 0.0912 e. The Morgan fingerprint density at radius 3 is 3.08 bits per heavy atom. The number of rotatable bonds is 3. The van der Waals surface area contributed by atoms with E-state index in [9.17, 15) is 5.11 Å². The Kier molecular flexibility index (Phi) is 2.09. The summed E-state index contributed by atoms with van der Waals surface area (Å²) < 4.78 is 5.10. The van der Waals surface area contributed by atoms with E-state index < -0.39 is 0 Å². The molecule has 2 rings (SSSR count). The molecule has 0 aromatic rings. The Hall–Kier alpha value is -0.500. The lowest BCUT2D eigenvalue weighted by atomic mass is 10.0. The van der Waals surface area contributed by atoms with Gasteiger partial charge in [-0.25, -0.2) is 0 Å². The van der Waals surface area contributed by atoms with Gasteiger partial charge in [-0.2, -0.15) is 0 Å². The maximum Gasteiger partial charge on any atom is 0.0912 e. The van der Waals surface area contributed by atoms with E-state index in [0.717, 1.165) is 24.5 Å². The van der Waals surface area contributed by atoms with Crippen LogP contribution in [0.15, 0.2) is 11.8 Å². The number of aliphatic hydroxyl groups is 1.